The van der Waals surface area contributed by atoms with E-state index < -0.39 is 0 Å². The van der Waals surface area contributed by atoms with E-state index in [-0.39, 0.29) is 35.5 Å². The first-order valence-electron chi connectivity index (χ1n) is 3.37. The zero-order valence-corrected chi connectivity index (χ0v) is 10.5. The van der Waals surface area contributed by atoms with Crippen LogP contribution in [0.5, 0.6) is 0 Å². The van der Waals surface area contributed by atoms with Crippen LogP contribution in [0.2, 0.25) is 0 Å². The molecule has 0 aliphatic carbocycles. The molecule has 0 aromatic carbocycles. The summed E-state index contributed by atoms with van der Waals surface area (Å²) in [5.41, 5.74) is 0. The molecule has 0 atom stereocenters. The van der Waals surface area contributed by atoms with Gasteiger partial charge in [-0.05, 0) is 19.3 Å². The number of halogens is 2. The summed E-state index contributed by atoms with van der Waals surface area (Å²) in [5.74, 6) is 2.38. The summed E-state index contributed by atoms with van der Waals surface area (Å²) in [7, 11) is 0. The van der Waals surface area contributed by atoms with Gasteiger partial charge in [0.15, 0.2) is 0 Å². The number of hydrogen-bond donors (Lipinski definition) is 0. The molecule has 0 saturated carbocycles. The first kappa shape index (κ1) is 18.0. The van der Waals surface area contributed by atoms with Gasteiger partial charge >= 0.3 is 23.1 Å². The molecule has 0 fully saturated rings. The molecule has 0 rings (SSSR count). The largest absolute Gasteiger partial charge is 2.00 e. The summed E-state index contributed by atoms with van der Waals surface area (Å²) < 4.78 is 0. The third-order valence-electron chi connectivity index (χ3n) is 1.19. The van der Waals surface area contributed by atoms with Crippen LogP contribution in [0.25, 0.3) is 0 Å². The molecule has 0 aromatic heterocycles. The molecule has 0 unspecified atom stereocenters. The molecule has 0 radical (unpaired) electrons. The Morgan fingerprint density at radius 1 is 1.09 bits per heavy atom. The van der Waals surface area contributed by atoms with Crippen LogP contribution in [0.15, 0.2) is 0 Å². The predicted molar refractivity (Wildman–Crippen MR) is 49.8 cm³/mol. The van der Waals surface area contributed by atoms with E-state index >= 15 is 0 Å². The van der Waals surface area contributed by atoms with E-state index in [2.05, 4.69) is 21.9 Å². The van der Waals surface area contributed by atoms with Crippen LogP contribution in [0, 0.1) is 12.3 Å². The third-order valence-corrected chi connectivity index (χ3v) is 1.75. The average molecular weight is 248 g/mol. The SMILES string of the molecule is [C-]#CCCCCCCBr.[Cl-].[Mg+2]. The molecule has 0 amide bonds. The van der Waals surface area contributed by atoms with Gasteiger partial charge < -0.3 is 24.8 Å². The van der Waals surface area contributed by atoms with Crippen molar-refractivity contribution in [1.29, 1.82) is 0 Å². The summed E-state index contributed by atoms with van der Waals surface area (Å²) in [6.45, 7) is 0. The first-order valence-corrected chi connectivity index (χ1v) is 4.49. The van der Waals surface area contributed by atoms with Crippen molar-refractivity contribution in [3.05, 3.63) is 6.42 Å². The summed E-state index contributed by atoms with van der Waals surface area (Å²) in [6.07, 6.45) is 12.4. The fraction of sp³-hybridized carbons (Fsp3) is 0.750. The van der Waals surface area contributed by atoms with Crippen molar-refractivity contribution in [2.24, 2.45) is 0 Å². The molecule has 0 nitrogen and oxygen atoms in total. The molecule has 0 N–H and O–H groups in total. The summed E-state index contributed by atoms with van der Waals surface area (Å²) in [6, 6.07) is 0. The average Bonchev–Trinajstić information content (AvgIpc) is 1.89. The fourth-order valence-corrected chi connectivity index (χ4v) is 1.06. The van der Waals surface area contributed by atoms with Crippen molar-refractivity contribution in [2.45, 2.75) is 32.1 Å². The molecular weight excluding hydrogens is 236 g/mol. The molecule has 0 heterocycles. The molecule has 11 heavy (non-hydrogen) atoms. The Balaban J connectivity index is -0.000000320. The zero-order valence-electron chi connectivity index (χ0n) is 6.71. The van der Waals surface area contributed by atoms with E-state index in [0.717, 1.165) is 18.2 Å². The van der Waals surface area contributed by atoms with E-state index in [1.54, 1.807) is 0 Å². The van der Waals surface area contributed by atoms with Crippen LogP contribution < -0.4 is 12.4 Å². The van der Waals surface area contributed by atoms with Gasteiger partial charge in [-0.15, -0.1) is 0 Å². The monoisotopic (exact) mass is 246 g/mol. The summed E-state index contributed by atoms with van der Waals surface area (Å²) in [5, 5.41) is 1.11. The van der Waals surface area contributed by atoms with E-state index in [1.807, 2.05) is 0 Å². The number of hydrogen-bond acceptors (Lipinski definition) is 0. The number of unbranched alkanes of at least 4 members (excludes halogenated alkanes) is 4. The van der Waals surface area contributed by atoms with Gasteiger partial charge in [-0.25, -0.2) is 0 Å². The van der Waals surface area contributed by atoms with Crippen LogP contribution >= 0.6 is 15.9 Å². The van der Waals surface area contributed by atoms with Gasteiger partial charge in [0, 0.05) is 5.33 Å². The molecule has 0 spiro atoms. The molecule has 0 aromatic rings. The molecular formula is C8H12BrClMg. The molecule has 0 aliphatic heterocycles. The Bertz CT molecular complexity index is 90.6. The van der Waals surface area contributed by atoms with E-state index in [1.165, 1.54) is 19.3 Å². The van der Waals surface area contributed by atoms with Crippen molar-refractivity contribution in [3.63, 3.8) is 0 Å². The van der Waals surface area contributed by atoms with Crippen LogP contribution in [-0.4, -0.2) is 28.4 Å². The molecule has 0 bridgehead atoms. The van der Waals surface area contributed by atoms with Crippen LogP contribution in [0.1, 0.15) is 32.1 Å². The quantitative estimate of drug-likeness (QED) is 0.203. The Hall–Kier alpha value is 1.10. The van der Waals surface area contributed by atoms with Gasteiger partial charge in [0.05, 0.1) is 0 Å². The second-order valence-corrected chi connectivity index (χ2v) is 2.82. The summed E-state index contributed by atoms with van der Waals surface area (Å²) in [4.78, 5) is 0. The maximum Gasteiger partial charge on any atom is 2.00 e. The van der Waals surface area contributed by atoms with E-state index in [9.17, 15) is 0 Å². The van der Waals surface area contributed by atoms with Gasteiger partial charge in [0.2, 0.25) is 0 Å². The molecule has 3 heteroatoms. The third kappa shape index (κ3) is 18.2. The van der Waals surface area contributed by atoms with E-state index in [4.69, 9.17) is 6.42 Å². The van der Waals surface area contributed by atoms with Crippen LogP contribution in [0.4, 0.5) is 0 Å². The van der Waals surface area contributed by atoms with E-state index in [0.29, 0.717) is 0 Å². The minimum atomic E-state index is 0. The van der Waals surface area contributed by atoms with Crippen molar-refractivity contribution >= 4 is 39.0 Å². The Morgan fingerprint density at radius 2 is 1.64 bits per heavy atom. The summed E-state index contributed by atoms with van der Waals surface area (Å²) >= 11 is 3.37. The van der Waals surface area contributed by atoms with Gasteiger partial charge in [0.1, 0.15) is 0 Å². The smallest absolute Gasteiger partial charge is 1.00 e. The normalized spacial score (nSPS) is 7.27. The fourth-order valence-electron chi connectivity index (χ4n) is 0.661. The second-order valence-electron chi connectivity index (χ2n) is 2.03. The molecule has 0 aliphatic rings. The van der Waals surface area contributed by atoms with Crippen LogP contribution in [-0.2, 0) is 0 Å². The minimum absolute atomic E-state index is 0. The number of rotatable bonds is 5. The molecule has 60 valence electrons. The Morgan fingerprint density at radius 3 is 2.09 bits per heavy atom. The van der Waals surface area contributed by atoms with Crippen molar-refractivity contribution in [2.75, 3.05) is 5.33 Å². The second kappa shape index (κ2) is 17.3. The zero-order chi connectivity index (χ0) is 6.95. The van der Waals surface area contributed by atoms with Gasteiger partial charge in [-0.3, -0.25) is 0 Å². The van der Waals surface area contributed by atoms with Crippen LogP contribution in [0.3, 0.4) is 0 Å². The Labute approximate surface area is 101 Å². The number of alkyl halides is 1. The maximum atomic E-state index is 6.62. The minimum Gasteiger partial charge on any atom is -1.00 e. The van der Waals surface area contributed by atoms with Gasteiger partial charge in [-0.2, -0.15) is 0 Å². The topological polar surface area (TPSA) is 0 Å². The van der Waals surface area contributed by atoms with Gasteiger partial charge in [0.25, 0.3) is 0 Å². The van der Waals surface area contributed by atoms with Crippen molar-refractivity contribution < 1.29 is 12.4 Å². The van der Waals surface area contributed by atoms with Gasteiger partial charge in [-0.1, -0.05) is 28.8 Å². The predicted octanol–water partition coefficient (Wildman–Crippen LogP) is -0.455. The van der Waals surface area contributed by atoms with Crippen molar-refractivity contribution in [3.8, 4) is 5.92 Å². The molecule has 0 saturated heterocycles. The standard InChI is InChI=1S/C8H12Br.ClH.Mg/c1-2-3-4-5-6-7-8-9;;/h3-8H2;1H;/q-1;;+2/p-1. The van der Waals surface area contributed by atoms with Crippen molar-refractivity contribution in [1.82, 2.24) is 0 Å². The Kier molecular flexibility index (Phi) is 28.2. The maximum absolute atomic E-state index is 6.62. The first-order chi connectivity index (χ1) is 4.41.